The summed E-state index contributed by atoms with van der Waals surface area (Å²) in [6.07, 6.45) is 7.87. The van der Waals surface area contributed by atoms with E-state index in [1.54, 1.807) is 0 Å². The summed E-state index contributed by atoms with van der Waals surface area (Å²) in [5.41, 5.74) is 0. The molecule has 1 aliphatic rings. The van der Waals surface area contributed by atoms with Crippen LogP contribution in [0.4, 0.5) is 0 Å². The van der Waals surface area contributed by atoms with E-state index in [2.05, 4.69) is 5.32 Å². The van der Waals surface area contributed by atoms with Crippen LogP contribution in [0.5, 0.6) is 0 Å². The summed E-state index contributed by atoms with van der Waals surface area (Å²) in [7, 11) is 0. The predicted molar refractivity (Wildman–Crippen MR) is 61.9 cm³/mol. The molecule has 0 heterocycles. The minimum Gasteiger partial charge on any atom is -0.394 e. The molecule has 94 valence electrons. The molecule has 3 N–H and O–H groups in total. The minimum absolute atomic E-state index is 0.0568. The summed E-state index contributed by atoms with van der Waals surface area (Å²) in [4.78, 5) is 11.5. The Morgan fingerprint density at radius 2 is 1.81 bits per heavy atom. The second-order valence-electron chi connectivity index (χ2n) is 4.67. The van der Waals surface area contributed by atoms with E-state index in [9.17, 15) is 4.79 Å². The third-order valence-electron chi connectivity index (χ3n) is 3.31. The number of hydrogen-bond acceptors (Lipinski definition) is 3. The lowest BCUT2D eigenvalue weighted by molar-refractivity contribution is -0.122. The topological polar surface area (TPSA) is 69.6 Å². The Labute approximate surface area is 97.0 Å². The van der Waals surface area contributed by atoms with Gasteiger partial charge in [0.25, 0.3) is 0 Å². The van der Waals surface area contributed by atoms with Crippen LogP contribution in [0.25, 0.3) is 0 Å². The van der Waals surface area contributed by atoms with Gasteiger partial charge in [-0.05, 0) is 12.3 Å². The van der Waals surface area contributed by atoms with Gasteiger partial charge in [-0.3, -0.25) is 4.79 Å². The first kappa shape index (κ1) is 13.5. The van der Waals surface area contributed by atoms with Crippen LogP contribution in [-0.4, -0.2) is 35.4 Å². The number of carbonyl (C=O) groups excluding carboxylic acids is 1. The quantitative estimate of drug-likeness (QED) is 0.631. The van der Waals surface area contributed by atoms with Crippen molar-refractivity contribution in [2.24, 2.45) is 5.92 Å². The van der Waals surface area contributed by atoms with E-state index in [4.69, 9.17) is 10.2 Å². The molecule has 1 aliphatic carbocycles. The molecule has 0 spiro atoms. The van der Waals surface area contributed by atoms with Crippen LogP contribution in [0.2, 0.25) is 0 Å². The molecule has 0 aromatic rings. The van der Waals surface area contributed by atoms with Gasteiger partial charge in [0.05, 0.1) is 19.3 Å². The van der Waals surface area contributed by atoms with Gasteiger partial charge in [-0.2, -0.15) is 0 Å². The summed E-state index contributed by atoms with van der Waals surface area (Å²) >= 11 is 0. The molecule has 0 aromatic carbocycles. The molecule has 0 bridgehead atoms. The first-order valence-corrected chi connectivity index (χ1v) is 6.27. The highest BCUT2D eigenvalue weighted by atomic mass is 16.3. The van der Waals surface area contributed by atoms with Gasteiger partial charge in [0, 0.05) is 6.42 Å². The normalized spacial score (nSPS) is 17.7. The van der Waals surface area contributed by atoms with Crippen LogP contribution >= 0.6 is 0 Å². The van der Waals surface area contributed by atoms with Crippen molar-refractivity contribution in [2.45, 2.75) is 51.0 Å². The molecule has 0 saturated heterocycles. The van der Waals surface area contributed by atoms with E-state index in [1.165, 1.54) is 32.1 Å². The van der Waals surface area contributed by atoms with Crippen molar-refractivity contribution in [1.29, 1.82) is 0 Å². The lowest BCUT2D eigenvalue weighted by atomic mass is 9.86. The Kier molecular flexibility index (Phi) is 6.42. The van der Waals surface area contributed by atoms with Gasteiger partial charge in [-0.15, -0.1) is 0 Å². The molecule has 0 unspecified atom stereocenters. The van der Waals surface area contributed by atoms with Crippen LogP contribution in [-0.2, 0) is 4.79 Å². The van der Waals surface area contributed by atoms with Crippen LogP contribution < -0.4 is 5.32 Å². The number of aliphatic hydroxyl groups excluding tert-OH is 2. The first-order chi connectivity index (χ1) is 7.76. The van der Waals surface area contributed by atoms with E-state index in [1.807, 2.05) is 0 Å². The molecule has 1 saturated carbocycles. The average molecular weight is 229 g/mol. The third-order valence-corrected chi connectivity index (χ3v) is 3.31. The van der Waals surface area contributed by atoms with Gasteiger partial charge in [-0.25, -0.2) is 0 Å². The highest BCUT2D eigenvalue weighted by molar-refractivity contribution is 5.76. The maximum Gasteiger partial charge on any atom is 0.220 e. The molecule has 4 heteroatoms. The molecular weight excluding hydrogens is 206 g/mol. The fraction of sp³-hybridized carbons (Fsp3) is 0.917. The maximum atomic E-state index is 11.5. The van der Waals surface area contributed by atoms with Crippen molar-refractivity contribution in [3.8, 4) is 0 Å². The van der Waals surface area contributed by atoms with Gasteiger partial charge >= 0.3 is 0 Å². The van der Waals surface area contributed by atoms with E-state index in [0.29, 0.717) is 12.3 Å². The second-order valence-corrected chi connectivity index (χ2v) is 4.67. The van der Waals surface area contributed by atoms with Crippen LogP contribution in [0.15, 0.2) is 0 Å². The van der Waals surface area contributed by atoms with E-state index < -0.39 is 6.04 Å². The van der Waals surface area contributed by atoms with E-state index in [-0.39, 0.29) is 19.1 Å². The molecule has 0 aromatic heterocycles. The number of nitrogens with one attached hydrogen (secondary N) is 1. The lowest BCUT2D eigenvalue weighted by Gasteiger charge is -2.21. The maximum absolute atomic E-state index is 11.5. The number of rotatable bonds is 6. The van der Waals surface area contributed by atoms with Gasteiger partial charge < -0.3 is 15.5 Å². The van der Waals surface area contributed by atoms with Crippen LogP contribution in [0, 0.1) is 5.92 Å². The molecule has 0 radical (unpaired) electrons. The van der Waals surface area contributed by atoms with Gasteiger partial charge in [-0.1, -0.05) is 32.1 Å². The summed E-state index contributed by atoms with van der Waals surface area (Å²) in [5.74, 6) is 0.639. The SMILES string of the molecule is O=C(CCC1CCCCC1)NC(CO)CO. The largest absolute Gasteiger partial charge is 0.394 e. The second kappa shape index (κ2) is 7.63. The molecule has 0 aliphatic heterocycles. The fourth-order valence-corrected chi connectivity index (χ4v) is 2.26. The van der Waals surface area contributed by atoms with Gasteiger partial charge in [0.2, 0.25) is 5.91 Å². The third kappa shape index (κ3) is 4.94. The standard InChI is InChI=1S/C12H23NO3/c14-8-11(9-15)13-12(16)7-6-10-4-2-1-3-5-10/h10-11,14-15H,1-9H2,(H,13,16). The summed E-state index contributed by atoms with van der Waals surface area (Å²) in [5, 5.41) is 20.3. The zero-order valence-electron chi connectivity index (χ0n) is 9.82. The molecular formula is C12H23NO3. The monoisotopic (exact) mass is 229 g/mol. The van der Waals surface area contributed by atoms with E-state index >= 15 is 0 Å². The van der Waals surface area contributed by atoms with Crippen molar-refractivity contribution in [3.05, 3.63) is 0 Å². The number of amides is 1. The van der Waals surface area contributed by atoms with Gasteiger partial charge in [0.15, 0.2) is 0 Å². The van der Waals surface area contributed by atoms with Crippen molar-refractivity contribution < 1.29 is 15.0 Å². The number of carbonyl (C=O) groups is 1. The summed E-state index contributed by atoms with van der Waals surface area (Å²) < 4.78 is 0. The molecule has 16 heavy (non-hydrogen) atoms. The highest BCUT2D eigenvalue weighted by Gasteiger charge is 2.16. The molecule has 0 atom stereocenters. The minimum atomic E-state index is -0.501. The average Bonchev–Trinajstić information content (AvgIpc) is 2.34. The van der Waals surface area contributed by atoms with Gasteiger partial charge in [0.1, 0.15) is 0 Å². The van der Waals surface area contributed by atoms with Crippen molar-refractivity contribution >= 4 is 5.91 Å². The Morgan fingerprint density at radius 1 is 1.19 bits per heavy atom. The van der Waals surface area contributed by atoms with Crippen LogP contribution in [0.3, 0.4) is 0 Å². The van der Waals surface area contributed by atoms with Crippen LogP contribution in [0.1, 0.15) is 44.9 Å². The van der Waals surface area contributed by atoms with E-state index in [0.717, 1.165) is 6.42 Å². The van der Waals surface area contributed by atoms with Crippen molar-refractivity contribution in [3.63, 3.8) is 0 Å². The lowest BCUT2D eigenvalue weighted by Crippen LogP contribution is -2.40. The zero-order chi connectivity index (χ0) is 11.8. The Morgan fingerprint density at radius 3 is 2.38 bits per heavy atom. The highest BCUT2D eigenvalue weighted by Crippen LogP contribution is 2.27. The summed E-state index contributed by atoms with van der Waals surface area (Å²) in [6.45, 7) is -0.405. The smallest absolute Gasteiger partial charge is 0.220 e. The zero-order valence-corrected chi connectivity index (χ0v) is 9.82. The number of hydrogen-bond donors (Lipinski definition) is 3. The molecule has 1 amide bonds. The number of aliphatic hydroxyl groups is 2. The Balaban J connectivity index is 2.13. The van der Waals surface area contributed by atoms with Crippen molar-refractivity contribution in [1.82, 2.24) is 5.32 Å². The Hall–Kier alpha value is -0.610. The molecule has 1 rings (SSSR count). The van der Waals surface area contributed by atoms with Crippen molar-refractivity contribution in [2.75, 3.05) is 13.2 Å². The summed E-state index contributed by atoms with van der Waals surface area (Å²) in [6, 6.07) is -0.501. The molecule has 1 fully saturated rings. The predicted octanol–water partition coefficient (Wildman–Crippen LogP) is 0.816. The first-order valence-electron chi connectivity index (χ1n) is 6.27. The fourth-order valence-electron chi connectivity index (χ4n) is 2.26. The molecule has 4 nitrogen and oxygen atoms in total. The Bertz CT molecular complexity index is 198.